The molecule has 0 fully saturated rings. The summed E-state index contributed by atoms with van der Waals surface area (Å²) in [6.45, 7) is -0.131. The van der Waals surface area contributed by atoms with Crippen molar-refractivity contribution >= 4 is 16.6 Å². The molecular formula is C19H16N4O5. The van der Waals surface area contributed by atoms with E-state index in [2.05, 4.69) is 11.1 Å². The third-order valence-corrected chi connectivity index (χ3v) is 4.07. The summed E-state index contributed by atoms with van der Waals surface area (Å²) in [5.74, 6) is 0.528. The Labute approximate surface area is 159 Å². The van der Waals surface area contributed by atoms with Crippen LogP contribution in [0, 0.1) is 21.4 Å². The molecule has 142 valence electrons. The predicted octanol–water partition coefficient (Wildman–Crippen LogP) is 1.81. The summed E-state index contributed by atoms with van der Waals surface area (Å²) < 4.78 is 6.68. The number of aliphatic hydroxyl groups is 1. The molecule has 1 unspecified atom stereocenters. The van der Waals surface area contributed by atoms with Crippen LogP contribution in [0.3, 0.4) is 0 Å². The summed E-state index contributed by atoms with van der Waals surface area (Å²) in [4.78, 5) is 27.0. The summed E-state index contributed by atoms with van der Waals surface area (Å²) in [6.07, 6.45) is 0.601. The van der Waals surface area contributed by atoms with Crippen molar-refractivity contribution in [2.45, 2.75) is 19.1 Å². The normalized spacial score (nSPS) is 11.7. The first-order valence-electron chi connectivity index (χ1n) is 8.38. The van der Waals surface area contributed by atoms with E-state index in [0.29, 0.717) is 17.7 Å². The first-order chi connectivity index (χ1) is 13.5. The lowest BCUT2D eigenvalue weighted by Crippen LogP contribution is -2.30. The molecule has 0 saturated carbocycles. The molecule has 2 aromatic carbocycles. The van der Waals surface area contributed by atoms with E-state index in [1.165, 1.54) is 29.1 Å². The molecule has 9 heteroatoms. The van der Waals surface area contributed by atoms with Crippen LogP contribution in [-0.4, -0.2) is 32.3 Å². The zero-order valence-electron chi connectivity index (χ0n) is 14.7. The zero-order valence-corrected chi connectivity index (χ0v) is 14.7. The molecule has 1 heterocycles. The number of ether oxygens (including phenoxy) is 1. The number of hydrogen-bond donors (Lipinski definition) is 1. The number of nitrogens with zero attached hydrogens (tertiary/aromatic N) is 4. The van der Waals surface area contributed by atoms with E-state index in [4.69, 9.17) is 10.00 Å². The smallest absolute Gasteiger partial charge is 0.270 e. The molecule has 0 aliphatic heterocycles. The predicted molar refractivity (Wildman–Crippen MR) is 99.9 cm³/mol. The number of nitriles is 1. The van der Waals surface area contributed by atoms with Crippen molar-refractivity contribution in [3.8, 4) is 11.8 Å². The molecule has 0 aliphatic carbocycles. The SMILES string of the molecule is N#CCc1ccc(OCC(O)Cn2cnc3ccc([N+](=O)[O-])cc3c2=O)cc1. The van der Waals surface area contributed by atoms with Crippen LogP contribution in [0.25, 0.3) is 10.9 Å². The van der Waals surface area contributed by atoms with Gasteiger partial charge in [-0.25, -0.2) is 4.98 Å². The number of hydrogen-bond acceptors (Lipinski definition) is 7. The molecule has 9 nitrogen and oxygen atoms in total. The Morgan fingerprint density at radius 2 is 2.04 bits per heavy atom. The lowest BCUT2D eigenvalue weighted by Gasteiger charge is -2.14. The number of benzene rings is 2. The molecule has 0 spiro atoms. The average molecular weight is 380 g/mol. The van der Waals surface area contributed by atoms with Crippen LogP contribution in [-0.2, 0) is 13.0 Å². The summed E-state index contributed by atoms with van der Waals surface area (Å²) in [7, 11) is 0. The van der Waals surface area contributed by atoms with Crippen molar-refractivity contribution < 1.29 is 14.8 Å². The van der Waals surface area contributed by atoms with Gasteiger partial charge in [0, 0.05) is 12.1 Å². The molecule has 0 bridgehead atoms. The van der Waals surface area contributed by atoms with Gasteiger partial charge in [-0.15, -0.1) is 0 Å². The fourth-order valence-corrected chi connectivity index (χ4v) is 2.66. The Bertz CT molecular complexity index is 1100. The van der Waals surface area contributed by atoms with Crippen LogP contribution >= 0.6 is 0 Å². The second kappa shape index (κ2) is 8.28. The van der Waals surface area contributed by atoms with Gasteiger partial charge in [0.15, 0.2) is 0 Å². The van der Waals surface area contributed by atoms with E-state index < -0.39 is 16.6 Å². The minimum absolute atomic E-state index is 0.0585. The van der Waals surface area contributed by atoms with Gasteiger partial charge in [-0.2, -0.15) is 5.26 Å². The Morgan fingerprint density at radius 3 is 2.71 bits per heavy atom. The maximum atomic E-state index is 12.5. The molecular weight excluding hydrogens is 364 g/mol. The van der Waals surface area contributed by atoms with E-state index in [0.717, 1.165) is 5.56 Å². The molecule has 0 saturated heterocycles. The number of fused-ring (bicyclic) bond motifs is 1. The average Bonchev–Trinajstić information content (AvgIpc) is 2.69. The van der Waals surface area contributed by atoms with Gasteiger partial charge >= 0.3 is 0 Å². The first kappa shape index (κ1) is 19.0. The lowest BCUT2D eigenvalue weighted by atomic mass is 10.2. The molecule has 1 N–H and O–H groups in total. The van der Waals surface area contributed by atoms with Gasteiger partial charge in [-0.05, 0) is 23.8 Å². The molecule has 3 rings (SSSR count). The second-order valence-corrected chi connectivity index (χ2v) is 6.10. The lowest BCUT2D eigenvalue weighted by molar-refractivity contribution is -0.384. The highest BCUT2D eigenvalue weighted by Gasteiger charge is 2.13. The summed E-state index contributed by atoms with van der Waals surface area (Å²) in [5.41, 5.74) is 0.523. The van der Waals surface area contributed by atoms with E-state index >= 15 is 0 Å². The van der Waals surface area contributed by atoms with E-state index in [-0.39, 0.29) is 24.2 Å². The van der Waals surface area contributed by atoms with Gasteiger partial charge in [0.05, 0.1) is 41.2 Å². The highest BCUT2D eigenvalue weighted by Crippen LogP contribution is 2.16. The number of rotatable bonds is 7. The maximum absolute atomic E-state index is 12.5. The second-order valence-electron chi connectivity index (χ2n) is 6.10. The third-order valence-electron chi connectivity index (χ3n) is 4.07. The Balaban J connectivity index is 1.69. The number of aliphatic hydroxyl groups excluding tert-OH is 1. The molecule has 0 radical (unpaired) electrons. The van der Waals surface area contributed by atoms with Crippen molar-refractivity contribution in [3.63, 3.8) is 0 Å². The summed E-state index contributed by atoms with van der Waals surface area (Å²) >= 11 is 0. The largest absolute Gasteiger partial charge is 0.491 e. The Morgan fingerprint density at radius 1 is 1.29 bits per heavy atom. The molecule has 28 heavy (non-hydrogen) atoms. The minimum Gasteiger partial charge on any atom is -0.491 e. The van der Waals surface area contributed by atoms with Gasteiger partial charge in [0.25, 0.3) is 11.2 Å². The van der Waals surface area contributed by atoms with Crippen molar-refractivity contribution in [2.75, 3.05) is 6.61 Å². The summed E-state index contributed by atoms with van der Waals surface area (Å²) in [6, 6.07) is 12.8. The molecule has 3 aromatic rings. The van der Waals surface area contributed by atoms with Gasteiger partial charge in [0.2, 0.25) is 0 Å². The highest BCUT2D eigenvalue weighted by atomic mass is 16.6. The zero-order chi connectivity index (χ0) is 20.1. The molecule has 0 amide bonds. The summed E-state index contributed by atoms with van der Waals surface area (Å²) in [5, 5.41) is 29.8. The highest BCUT2D eigenvalue weighted by molar-refractivity contribution is 5.79. The quantitative estimate of drug-likeness (QED) is 0.488. The maximum Gasteiger partial charge on any atom is 0.270 e. The molecule has 0 aliphatic rings. The standard InChI is InChI=1S/C19H16N4O5/c20-8-7-13-1-4-16(5-2-13)28-11-15(24)10-22-12-21-18-6-3-14(23(26)27)9-17(18)19(22)25/h1-6,9,12,15,24H,7,10-11H2. The fourth-order valence-electron chi connectivity index (χ4n) is 2.66. The monoisotopic (exact) mass is 380 g/mol. The number of nitro groups is 1. The van der Waals surface area contributed by atoms with Crippen molar-refractivity contribution in [1.29, 1.82) is 5.26 Å². The number of nitro benzene ring substituents is 1. The topological polar surface area (TPSA) is 131 Å². The van der Waals surface area contributed by atoms with Crippen molar-refractivity contribution in [1.82, 2.24) is 9.55 Å². The van der Waals surface area contributed by atoms with Gasteiger partial charge in [-0.1, -0.05) is 12.1 Å². The molecule has 1 aromatic heterocycles. The van der Waals surface area contributed by atoms with Crippen LogP contribution in [0.2, 0.25) is 0 Å². The third kappa shape index (κ3) is 4.31. The van der Waals surface area contributed by atoms with E-state index in [1.807, 2.05) is 0 Å². The van der Waals surface area contributed by atoms with Gasteiger partial charge in [-0.3, -0.25) is 19.5 Å². The number of non-ortho nitro benzene ring substituents is 1. The van der Waals surface area contributed by atoms with Crippen LogP contribution in [0.15, 0.2) is 53.6 Å². The Hall–Kier alpha value is -3.77. The fraction of sp³-hybridized carbons (Fsp3) is 0.211. The van der Waals surface area contributed by atoms with Crippen LogP contribution < -0.4 is 10.3 Å². The van der Waals surface area contributed by atoms with E-state index in [9.17, 15) is 20.0 Å². The van der Waals surface area contributed by atoms with E-state index in [1.54, 1.807) is 24.3 Å². The minimum atomic E-state index is -0.991. The first-order valence-corrected chi connectivity index (χ1v) is 8.38. The van der Waals surface area contributed by atoms with Crippen LogP contribution in [0.5, 0.6) is 5.75 Å². The van der Waals surface area contributed by atoms with Gasteiger partial charge in [0.1, 0.15) is 18.5 Å². The van der Waals surface area contributed by atoms with Crippen LogP contribution in [0.4, 0.5) is 5.69 Å². The van der Waals surface area contributed by atoms with Crippen LogP contribution in [0.1, 0.15) is 5.56 Å². The van der Waals surface area contributed by atoms with Gasteiger partial charge < -0.3 is 9.84 Å². The molecule has 1 atom stereocenters. The number of aromatic nitrogens is 2. The Kier molecular flexibility index (Phi) is 5.62. The van der Waals surface area contributed by atoms with Crippen molar-refractivity contribution in [3.05, 3.63) is 74.8 Å². The van der Waals surface area contributed by atoms with Crippen molar-refractivity contribution in [2.24, 2.45) is 0 Å².